The molecule has 3 atom stereocenters. The number of rotatable bonds is 7. The Bertz CT molecular complexity index is 1360. The summed E-state index contributed by atoms with van der Waals surface area (Å²) in [7, 11) is 1.73. The van der Waals surface area contributed by atoms with E-state index in [0.717, 1.165) is 31.6 Å². The van der Waals surface area contributed by atoms with Crippen molar-refractivity contribution in [2.75, 3.05) is 16.8 Å². The van der Waals surface area contributed by atoms with Crippen molar-refractivity contribution in [3.63, 3.8) is 0 Å². The van der Waals surface area contributed by atoms with E-state index in [1.54, 1.807) is 25.5 Å². The minimum Gasteiger partial charge on any atom is -0.353 e. The molecule has 0 radical (unpaired) electrons. The molecule has 1 aromatic carbocycles. The molecule has 2 unspecified atom stereocenters. The van der Waals surface area contributed by atoms with Crippen molar-refractivity contribution in [2.45, 2.75) is 70.4 Å². The van der Waals surface area contributed by atoms with Gasteiger partial charge in [0.2, 0.25) is 5.91 Å². The minimum absolute atomic E-state index is 0.0215. The highest BCUT2D eigenvalue weighted by atomic mass is 16.2. The molecule has 2 amide bonds. The predicted octanol–water partition coefficient (Wildman–Crippen LogP) is 4.69. The molecular formula is C31H38N6O2. The summed E-state index contributed by atoms with van der Waals surface area (Å²) < 4.78 is 1.54. The molecule has 1 aliphatic heterocycles. The molecular weight excluding hydrogens is 488 g/mol. The molecule has 8 nitrogen and oxygen atoms in total. The van der Waals surface area contributed by atoms with E-state index in [1.807, 2.05) is 18.2 Å². The zero-order valence-corrected chi connectivity index (χ0v) is 23.1. The van der Waals surface area contributed by atoms with Crippen LogP contribution < -0.4 is 15.5 Å². The number of anilines is 2. The number of aromatic nitrogens is 3. The fourth-order valence-corrected chi connectivity index (χ4v) is 6.90. The third kappa shape index (κ3) is 4.81. The van der Waals surface area contributed by atoms with E-state index < -0.39 is 6.04 Å². The van der Waals surface area contributed by atoms with Gasteiger partial charge in [0, 0.05) is 31.7 Å². The molecule has 3 heterocycles. The van der Waals surface area contributed by atoms with Gasteiger partial charge in [-0.2, -0.15) is 5.10 Å². The third-order valence-corrected chi connectivity index (χ3v) is 9.07. The third-order valence-electron chi connectivity index (χ3n) is 9.07. The smallest absolute Gasteiger partial charge is 0.270 e. The SMILES string of the molecule is CC(C)C1CCCCN1c1ccc(NC(=O)[C@@H](NC(=O)c2ccnn2C)C2c3ccccc3CC23CC3)cn1. The maximum Gasteiger partial charge on any atom is 0.270 e. The molecule has 2 N–H and O–H groups in total. The summed E-state index contributed by atoms with van der Waals surface area (Å²) >= 11 is 0. The van der Waals surface area contributed by atoms with Crippen LogP contribution in [0.1, 0.15) is 73.5 Å². The number of hydrogen-bond donors (Lipinski definition) is 2. The number of fused-ring (bicyclic) bond motifs is 1. The lowest BCUT2D eigenvalue weighted by molar-refractivity contribution is -0.118. The van der Waals surface area contributed by atoms with E-state index in [0.29, 0.717) is 23.3 Å². The first-order valence-corrected chi connectivity index (χ1v) is 14.3. The van der Waals surface area contributed by atoms with E-state index in [9.17, 15) is 9.59 Å². The highest BCUT2D eigenvalue weighted by molar-refractivity contribution is 6.01. The van der Waals surface area contributed by atoms with Crippen molar-refractivity contribution < 1.29 is 9.59 Å². The second-order valence-corrected chi connectivity index (χ2v) is 11.9. The van der Waals surface area contributed by atoms with Gasteiger partial charge in [0.1, 0.15) is 17.6 Å². The van der Waals surface area contributed by atoms with Crippen LogP contribution in [-0.2, 0) is 18.3 Å². The first kappa shape index (κ1) is 25.6. The number of nitrogens with one attached hydrogen (secondary N) is 2. The average molecular weight is 527 g/mol. The van der Waals surface area contributed by atoms with E-state index in [1.165, 1.54) is 35.1 Å². The number of nitrogens with zero attached hydrogens (tertiary/aromatic N) is 4. The van der Waals surface area contributed by atoms with Crippen LogP contribution in [0.5, 0.6) is 0 Å². The molecule has 1 spiro atoms. The molecule has 2 aliphatic carbocycles. The van der Waals surface area contributed by atoms with Gasteiger partial charge in [-0.1, -0.05) is 38.1 Å². The van der Waals surface area contributed by atoms with Crippen LogP contribution in [0.3, 0.4) is 0 Å². The first-order chi connectivity index (χ1) is 18.9. The first-order valence-electron chi connectivity index (χ1n) is 14.3. The van der Waals surface area contributed by atoms with Crippen molar-refractivity contribution in [3.05, 3.63) is 71.7 Å². The van der Waals surface area contributed by atoms with Gasteiger partial charge in [-0.15, -0.1) is 0 Å². The number of aryl methyl sites for hydroxylation is 1. The second kappa shape index (κ2) is 10.1. The van der Waals surface area contributed by atoms with E-state index in [2.05, 4.69) is 52.7 Å². The Balaban J connectivity index is 1.26. The number of benzene rings is 1. The topological polar surface area (TPSA) is 92.2 Å². The summed E-state index contributed by atoms with van der Waals surface area (Å²) in [5.41, 5.74) is 3.53. The maximum atomic E-state index is 14.0. The fraction of sp³-hybridized carbons (Fsp3) is 0.484. The molecule has 2 fully saturated rings. The average Bonchev–Trinajstić information content (AvgIpc) is 3.44. The van der Waals surface area contributed by atoms with Crippen molar-refractivity contribution >= 4 is 23.3 Å². The Hall–Kier alpha value is -3.68. The number of amides is 2. The fourth-order valence-electron chi connectivity index (χ4n) is 6.90. The lowest BCUT2D eigenvalue weighted by Crippen LogP contribution is -2.49. The van der Waals surface area contributed by atoms with Crippen LogP contribution in [0.2, 0.25) is 0 Å². The maximum absolute atomic E-state index is 14.0. The lowest BCUT2D eigenvalue weighted by atomic mass is 9.82. The zero-order chi connectivity index (χ0) is 27.1. The molecule has 8 heteroatoms. The van der Waals surface area contributed by atoms with Gasteiger partial charge in [-0.3, -0.25) is 14.3 Å². The van der Waals surface area contributed by atoms with Gasteiger partial charge in [-0.05, 0) is 79.2 Å². The predicted molar refractivity (Wildman–Crippen MR) is 152 cm³/mol. The molecule has 39 heavy (non-hydrogen) atoms. The zero-order valence-electron chi connectivity index (χ0n) is 23.1. The molecule has 3 aromatic rings. The summed E-state index contributed by atoms with van der Waals surface area (Å²) in [6, 6.07) is 13.7. The van der Waals surface area contributed by atoms with Crippen molar-refractivity contribution in [1.29, 1.82) is 0 Å². The van der Waals surface area contributed by atoms with Gasteiger partial charge in [-0.25, -0.2) is 4.98 Å². The number of hydrogen-bond acceptors (Lipinski definition) is 5. The molecule has 6 rings (SSSR count). The van der Waals surface area contributed by atoms with Crippen molar-refractivity contribution in [2.24, 2.45) is 18.4 Å². The molecule has 3 aliphatic rings. The summed E-state index contributed by atoms with van der Waals surface area (Å²) in [6.07, 6.45) is 10.0. The largest absolute Gasteiger partial charge is 0.353 e. The van der Waals surface area contributed by atoms with Gasteiger partial charge in [0.15, 0.2) is 0 Å². The number of carbonyl (C=O) groups is 2. The molecule has 0 bridgehead atoms. The normalized spacial score (nSPS) is 22.0. The number of piperidine rings is 1. The van der Waals surface area contributed by atoms with Crippen molar-refractivity contribution in [1.82, 2.24) is 20.1 Å². The van der Waals surface area contributed by atoms with Crippen LogP contribution >= 0.6 is 0 Å². The Morgan fingerprint density at radius 1 is 1.08 bits per heavy atom. The molecule has 1 saturated carbocycles. The Morgan fingerprint density at radius 2 is 1.90 bits per heavy atom. The summed E-state index contributed by atoms with van der Waals surface area (Å²) in [4.78, 5) is 34.4. The van der Waals surface area contributed by atoms with Gasteiger partial charge in [0.25, 0.3) is 5.91 Å². The molecule has 204 valence electrons. The number of carbonyl (C=O) groups excluding carboxylic acids is 2. The van der Waals surface area contributed by atoms with E-state index in [4.69, 9.17) is 4.98 Å². The van der Waals surface area contributed by atoms with Gasteiger partial charge in [0.05, 0.1) is 11.9 Å². The van der Waals surface area contributed by atoms with Crippen molar-refractivity contribution in [3.8, 4) is 0 Å². The quantitative estimate of drug-likeness (QED) is 0.466. The molecule has 2 aromatic heterocycles. The van der Waals surface area contributed by atoms with Crippen LogP contribution in [0.4, 0.5) is 11.5 Å². The van der Waals surface area contributed by atoms with E-state index in [-0.39, 0.29) is 23.1 Å². The Morgan fingerprint density at radius 3 is 2.59 bits per heavy atom. The summed E-state index contributed by atoms with van der Waals surface area (Å²) in [6.45, 7) is 5.55. The monoisotopic (exact) mass is 526 g/mol. The van der Waals surface area contributed by atoms with Gasteiger partial charge < -0.3 is 15.5 Å². The van der Waals surface area contributed by atoms with Crippen LogP contribution in [0, 0.1) is 11.3 Å². The van der Waals surface area contributed by atoms with Crippen LogP contribution in [-0.4, -0.2) is 45.2 Å². The summed E-state index contributed by atoms with van der Waals surface area (Å²) in [5.74, 6) is 0.909. The standard InChI is InChI=1S/C31H38N6O2/c1-20(2)24-10-6-7-17-37(24)26-12-11-22(19-32-26)34-30(39)28(35-29(38)25-13-16-33-36(25)3)27-23-9-5-4-8-21(23)18-31(27)14-15-31/h4-5,8-9,11-13,16,19-20,24,27-28H,6-7,10,14-15,17-18H2,1-3H3,(H,34,39)(H,35,38)/t24?,27?,28-/m0/s1. The highest BCUT2D eigenvalue weighted by Crippen LogP contribution is 2.64. The van der Waals surface area contributed by atoms with Crippen LogP contribution in [0.15, 0.2) is 54.9 Å². The van der Waals surface area contributed by atoms with Crippen LogP contribution in [0.25, 0.3) is 0 Å². The number of pyridine rings is 1. The second-order valence-electron chi connectivity index (χ2n) is 11.9. The van der Waals surface area contributed by atoms with Gasteiger partial charge >= 0.3 is 0 Å². The molecule has 1 saturated heterocycles. The Labute approximate surface area is 230 Å². The summed E-state index contributed by atoms with van der Waals surface area (Å²) in [5, 5.41) is 10.3. The minimum atomic E-state index is -0.717. The van der Waals surface area contributed by atoms with E-state index >= 15 is 0 Å². The highest BCUT2D eigenvalue weighted by Gasteiger charge is 2.58. The lowest BCUT2D eigenvalue weighted by Gasteiger charge is -2.39. The Kier molecular flexibility index (Phi) is 6.65.